The summed E-state index contributed by atoms with van der Waals surface area (Å²) in [6.45, 7) is 0. The molecule has 1 aliphatic heterocycles. The van der Waals surface area contributed by atoms with Crippen LogP contribution in [0.1, 0.15) is 11.3 Å². The quantitative estimate of drug-likeness (QED) is 0.731. The van der Waals surface area contributed by atoms with Gasteiger partial charge in [-0.3, -0.25) is 5.43 Å². The average molecular weight is 260 g/mol. The van der Waals surface area contributed by atoms with Gasteiger partial charge in [0, 0.05) is 6.42 Å². The minimum atomic E-state index is 0.699. The summed E-state index contributed by atoms with van der Waals surface area (Å²) < 4.78 is 0. The van der Waals surface area contributed by atoms with Crippen LogP contribution in [0.2, 0.25) is 0 Å². The van der Waals surface area contributed by atoms with Crippen LogP contribution in [0.5, 0.6) is 0 Å². The normalized spacial score (nSPS) is 13.5. The van der Waals surface area contributed by atoms with Crippen LogP contribution in [0.25, 0.3) is 11.0 Å². The maximum atomic E-state index is 4.69. The summed E-state index contributed by atoms with van der Waals surface area (Å²) in [4.78, 5) is 9.25. The Balaban J connectivity index is 1.78. The molecule has 0 spiro atoms. The predicted octanol–water partition coefficient (Wildman–Crippen LogP) is 3.00. The van der Waals surface area contributed by atoms with Gasteiger partial charge < -0.3 is 0 Å². The highest BCUT2D eigenvalue weighted by molar-refractivity contribution is 6.03. The standard InChI is InChI=1S/C16H12N4/c1-2-6-11(7-3-1)14-10-15-16(20-19-14)18-13-9-5-4-8-12(13)17-15/h1-9H,10H2,(H,18,20). The summed E-state index contributed by atoms with van der Waals surface area (Å²) in [6, 6.07) is 18.0. The molecule has 4 rings (SSSR count). The molecule has 0 saturated heterocycles. The lowest BCUT2D eigenvalue weighted by Gasteiger charge is -2.16. The Morgan fingerprint density at radius 2 is 1.50 bits per heavy atom. The van der Waals surface area contributed by atoms with Gasteiger partial charge in [-0.05, 0) is 17.7 Å². The molecule has 0 fully saturated rings. The second-order valence-electron chi connectivity index (χ2n) is 4.72. The molecular weight excluding hydrogens is 248 g/mol. The zero-order valence-electron chi connectivity index (χ0n) is 10.7. The molecule has 1 aliphatic rings. The van der Waals surface area contributed by atoms with Crippen molar-refractivity contribution in [2.24, 2.45) is 5.10 Å². The number of aromatic nitrogens is 2. The van der Waals surface area contributed by atoms with Gasteiger partial charge in [0.2, 0.25) is 0 Å². The molecule has 0 amide bonds. The maximum Gasteiger partial charge on any atom is 0.169 e. The van der Waals surface area contributed by atoms with Gasteiger partial charge >= 0.3 is 0 Å². The summed E-state index contributed by atoms with van der Waals surface area (Å²) in [5.41, 5.74) is 7.87. The first-order valence-corrected chi connectivity index (χ1v) is 6.54. The number of hydrazone groups is 1. The van der Waals surface area contributed by atoms with Crippen LogP contribution in [0.3, 0.4) is 0 Å². The number of para-hydroxylation sites is 2. The van der Waals surface area contributed by atoms with Crippen molar-refractivity contribution >= 4 is 22.6 Å². The molecule has 0 atom stereocenters. The molecule has 3 aromatic rings. The Morgan fingerprint density at radius 1 is 0.800 bits per heavy atom. The van der Waals surface area contributed by atoms with Crippen LogP contribution >= 0.6 is 0 Å². The van der Waals surface area contributed by atoms with Crippen molar-refractivity contribution in [1.82, 2.24) is 9.97 Å². The third kappa shape index (κ3) is 1.82. The molecular formula is C16H12N4. The van der Waals surface area contributed by atoms with Crippen molar-refractivity contribution in [2.75, 3.05) is 5.43 Å². The van der Waals surface area contributed by atoms with Gasteiger partial charge in [0.25, 0.3) is 0 Å². The third-order valence-electron chi connectivity index (χ3n) is 3.38. The molecule has 2 aromatic carbocycles. The van der Waals surface area contributed by atoms with E-state index in [1.807, 2.05) is 42.5 Å². The number of rotatable bonds is 1. The number of nitrogens with one attached hydrogen (secondary N) is 1. The minimum absolute atomic E-state index is 0.699. The Bertz CT molecular complexity index is 809. The monoisotopic (exact) mass is 260 g/mol. The van der Waals surface area contributed by atoms with E-state index in [4.69, 9.17) is 0 Å². The molecule has 20 heavy (non-hydrogen) atoms. The lowest BCUT2D eigenvalue weighted by atomic mass is 10.0. The van der Waals surface area contributed by atoms with Gasteiger partial charge in [-0.15, -0.1) is 0 Å². The number of benzene rings is 2. The summed E-state index contributed by atoms with van der Waals surface area (Å²) in [5.74, 6) is 0.753. The van der Waals surface area contributed by atoms with E-state index >= 15 is 0 Å². The van der Waals surface area contributed by atoms with E-state index < -0.39 is 0 Å². The molecule has 0 aliphatic carbocycles. The fourth-order valence-corrected chi connectivity index (χ4v) is 2.37. The van der Waals surface area contributed by atoms with E-state index in [0.717, 1.165) is 33.8 Å². The Hall–Kier alpha value is -2.75. The Morgan fingerprint density at radius 3 is 2.30 bits per heavy atom. The van der Waals surface area contributed by atoms with E-state index in [0.29, 0.717) is 6.42 Å². The van der Waals surface area contributed by atoms with E-state index in [9.17, 15) is 0 Å². The zero-order chi connectivity index (χ0) is 13.4. The van der Waals surface area contributed by atoms with Crippen molar-refractivity contribution in [3.8, 4) is 0 Å². The molecule has 0 bridgehead atoms. The third-order valence-corrected chi connectivity index (χ3v) is 3.38. The van der Waals surface area contributed by atoms with Crippen LogP contribution in [0.4, 0.5) is 5.82 Å². The largest absolute Gasteiger partial charge is 0.260 e. The smallest absolute Gasteiger partial charge is 0.169 e. The second-order valence-corrected chi connectivity index (χ2v) is 4.72. The van der Waals surface area contributed by atoms with E-state index in [-0.39, 0.29) is 0 Å². The van der Waals surface area contributed by atoms with Crippen molar-refractivity contribution in [3.05, 3.63) is 65.9 Å². The lowest BCUT2D eigenvalue weighted by Crippen LogP contribution is -2.17. The predicted molar refractivity (Wildman–Crippen MR) is 79.8 cm³/mol. The molecule has 2 heterocycles. The number of fused-ring (bicyclic) bond motifs is 2. The number of hydrogen-bond acceptors (Lipinski definition) is 4. The SMILES string of the molecule is c1ccc(C2=NNc3nc4ccccc4nc3C2)cc1. The molecule has 96 valence electrons. The Kier molecular flexibility index (Phi) is 2.45. The van der Waals surface area contributed by atoms with Crippen LogP contribution in [-0.4, -0.2) is 15.7 Å². The van der Waals surface area contributed by atoms with Crippen molar-refractivity contribution < 1.29 is 0 Å². The molecule has 1 N–H and O–H groups in total. The van der Waals surface area contributed by atoms with Gasteiger partial charge in [0.1, 0.15) is 0 Å². The van der Waals surface area contributed by atoms with Crippen LogP contribution in [0.15, 0.2) is 59.7 Å². The first kappa shape index (κ1) is 11.1. The van der Waals surface area contributed by atoms with Gasteiger partial charge in [0.15, 0.2) is 5.82 Å². The topological polar surface area (TPSA) is 50.2 Å². The summed E-state index contributed by atoms with van der Waals surface area (Å²) in [5, 5.41) is 4.41. The summed E-state index contributed by atoms with van der Waals surface area (Å²) >= 11 is 0. The molecule has 4 heteroatoms. The van der Waals surface area contributed by atoms with Gasteiger partial charge in [-0.25, -0.2) is 9.97 Å². The fourth-order valence-electron chi connectivity index (χ4n) is 2.37. The van der Waals surface area contributed by atoms with Crippen LogP contribution < -0.4 is 5.43 Å². The second kappa shape index (κ2) is 4.42. The van der Waals surface area contributed by atoms with E-state index in [1.165, 1.54) is 0 Å². The highest BCUT2D eigenvalue weighted by Crippen LogP contribution is 2.22. The number of anilines is 1. The average Bonchev–Trinajstić information content (AvgIpc) is 2.53. The summed E-state index contributed by atoms with van der Waals surface area (Å²) in [6.07, 6.45) is 0.699. The van der Waals surface area contributed by atoms with Crippen molar-refractivity contribution in [3.63, 3.8) is 0 Å². The van der Waals surface area contributed by atoms with Gasteiger partial charge in [-0.1, -0.05) is 42.5 Å². The maximum absolute atomic E-state index is 4.69. The van der Waals surface area contributed by atoms with E-state index in [1.54, 1.807) is 0 Å². The minimum Gasteiger partial charge on any atom is -0.260 e. The van der Waals surface area contributed by atoms with Gasteiger partial charge in [-0.2, -0.15) is 5.10 Å². The molecule has 1 aromatic heterocycles. The molecule has 0 radical (unpaired) electrons. The first-order chi connectivity index (χ1) is 9.90. The van der Waals surface area contributed by atoms with E-state index in [2.05, 4.69) is 32.6 Å². The lowest BCUT2D eigenvalue weighted by molar-refractivity contribution is 1.06. The number of nitrogens with zero attached hydrogens (tertiary/aromatic N) is 3. The Labute approximate surface area is 116 Å². The van der Waals surface area contributed by atoms with Crippen molar-refractivity contribution in [1.29, 1.82) is 0 Å². The fraction of sp³-hybridized carbons (Fsp3) is 0.0625. The van der Waals surface area contributed by atoms with Crippen molar-refractivity contribution in [2.45, 2.75) is 6.42 Å². The van der Waals surface area contributed by atoms with Gasteiger partial charge in [0.05, 0.1) is 22.4 Å². The first-order valence-electron chi connectivity index (χ1n) is 6.54. The molecule has 0 unspecified atom stereocenters. The van der Waals surface area contributed by atoms with Crippen LogP contribution in [0, 0.1) is 0 Å². The molecule has 0 saturated carbocycles. The zero-order valence-corrected chi connectivity index (χ0v) is 10.7. The van der Waals surface area contributed by atoms with Crippen LogP contribution in [-0.2, 0) is 6.42 Å². The summed E-state index contributed by atoms with van der Waals surface area (Å²) in [7, 11) is 0. The highest BCUT2D eigenvalue weighted by Gasteiger charge is 2.17. The molecule has 4 nitrogen and oxygen atoms in total. The highest BCUT2D eigenvalue weighted by atomic mass is 15.3. The number of hydrogen-bond donors (Lipinski definition) is 1.